The Morgan fingerprint density at radius 2 is 1.76 bits per heavy atom. The second kappa shape index (κ2) is 9.29. The molecule has 4 aliphatic carbocycles. The van der Waals surface area contributed by atoms with Crippen LogP contribution < -0.4 is 21.7 Å². The van der Waals surface area contributed by atoms with Crippen LogP contribution in [0.4, 0.5) is 5.69 Å². The van der Waals surface area contributed by atoms with Crippen LogP contribution in [0.2, 0.25) is 0 Å². The number of hydrogen-bond donors (Lipinski definition) is 7. The van der Waals surface area contributed by atoms with Gasteiger partial charge in [-0.05, 0) is 57.3 Å². The fourth-order valence-corrected chi connectivity index (χ4v) is 6.60. The van der Waals surface area contributed by atoms with Crippen LogP contribution in [0.25, 0.3) is 0 Å². The van der Waals surface area contributed by atoms with Crippen LogP contribution in [0.3, 0.4) is 0 Å². The first kappa shape index (κ1) is 28.6. The minimum atomic E-state index is -2.71. The number of amides is 2. The molecular weight excluding hydrogens is 534 g/mol. The third-order valence-electron chi connectivity index (χ3n) is 8.94. The summed E-state index contributed by atoms with van der Waals surface area (Å²) in [5, 5.41) is 48.1. The number of carbonyl (C=O) groups is 4. The number of aliphatic hydroxyl groups excluding tert-OH is 2. The largest absolute Gasteiger partial charge is 0.510 e. The average molecular weight is 570 g/mol. The molecule has 1 fully saturated rings. The van der Waals surface area contributed by atoms with Gasteiger partial charge in [0.15, 0.2) is 11.4 Å². The van der Waals surface area contributed by atoms with Crippen molar-refractivity contribution in [3.05, 3.63) is 45.4 Å². The fraction of sp³-hybridized carbons (Fsp3) is 0.500. The molecular formula is C28H35N5O8. The first-order valence-corrected chi connectivity index (χ1v) is 13.3. The number of Topliss-reactive ketones (excluding diaryl/α,β-unsaturated/α-hetero) is 2. The van der Waals surface area contributed by atoms with E-state index in [0.717, 1.165) is 0 Å². The zero-order chi connectivity index (χ0) is 30.3. The summed E-state index contributed by atoms with van der Waals surface area (Å²) in [5.41, 5.74) is 7.81. The molecule has 1 saturated carbocycles. The number of ketones is 2. The summed E-state index contributed by atoms with van der Waals surface area (Å²) in [6, 6.07) is 0.608. The molecule has 1 aromatic rings. The van der Waals surface area contributed by atoms with Gasteiger partial charge in [0.1, 0.15) is 22.8 Å². The van der Waals surface area contributed by atoms with E-state index in [0.29, 0.717) is 24.1 Å². The molecule has 13 heteroatoms. The van der Waals surface area contributed by atoms with Crippen molar-refractivity contribution in [3.8, 4) is 5.75 Å². The average Bonchev–Trinajstić information content (AvgIpc) is 3.63. The molecule has 4 aliphatic rings. The molecule has 0 spiro atoms. The predicted octanol–water partition coefficient (Wildman–Crippen LogP) is -0.706. The molecule has 2 amide bonds. The molecule has 0 aromatic heterocycles. The van der Waals surface area contributed by atoms with Gasteiger partial charge in [-0.25, -0.2) is 0 Å². The van der Waals surface area contributed by atoms with Crippen molar-refractivity contribution in [1.29, 1.82) is 0 Å². The molecule has 0 heterocycles. The maximum absolute atomic E-state index is 14.0. The van der Waals surface area contributed by atoms with Gasteiger partial charge in [-0.1, -0.05) is 0 Å². The summed E-state index contributed by atoms with van der Waals surface area (Å²) >= 11 is 0. The molecule has 41 heavy (non-hydrogen) atoms. The summed E-state index contributed by atoms with van der Waals surface area (Å²) in [6.07, 6.45) is 1.25. The number of aromatic hydroxyl groups is 1. The van der Waals surface area contributed by atoms with E-state index < -0.39 is 69.3 Å². The van der Waals surface area contributed by atoms with Gasteiger partial charge in [0, 0.05) is 43.4 Å². The number of fused-ring (bicyclic) bond motifs is 3. The van der Waals surface area contributed by atoms with E-state index in [1.54, 1.807) is 39.2 Å². The Labute approximate surface area is 236 Å². The van der Waals surface area contributed by atoms with Crippen molar-refractivity contribution >= 4 is 29.1 Å². The molecule has 0 aliphatic heterocycles. The van der Waals surface area contributed by atoms with Crippen molar-refractivity contribution in [2.75, 3.05) is 33.1 Å². The van der Waals surface area contributed by atoms with E-state index in [4.69, 9.17) is 11.5 Å². The SMILES string of the molecule is CN(C)c1cc(CNC(=O)C2(N)CC2)c(O)c2c1C[C@H]1C[C@H]3[C@@H](N(C)C)C(O)=C(C(N)=O)C(=O)[C@@]3(O)C(O)=C1C2=O. The van der Waals surface area contributed by atoms with E-state index in [9.17, 15) is 39.6 Å². The van der Waals surface area contributed by atoms with E-state index in [1.807, 2.05) is 0 Å². The summed E-state index contributed by atoms with van der Waals surface area (Å²) in [5.74, 6) is -7.48. The van der Waals surface area contributed by atoms with E-state index in [2.05, 4.69) is 5.32 Å². The molecule has 0 unspecified atom stereocenters. The van der Waals surface area contributed by atoms with Crippen molar-refractivity contribution < 1.29 is 39.6 Å². The molecule has 13 nitrogen and oxygen atoms in total. The monoisotopic (exact) mass is 569 g/mol. The van der Waals surface area contributed by atoms with Crippen LogP contribution in [0, 0.1) is 11.8 Å². The topological polar surface area (TPSA) is 220 Å². The Balaban J connectivity index is 1.65. The number of nitrogens with zero attached hydrogens (tertiary/aromatic N) is 2. The van der Waals surface area contributed by atoms with Crippen molar-refractivity contribution in [3.63, 3.8) is 0 Å². The van der Waals surface area contributed by atoms with Gasteiger partial charge in [-0.2, -0.15) is 0 Å². The number of anilines is 1. The Morgan fingerprint density at radius 1 is 1.12 bits per heavy atom. The van der Waals surface area contributed by atoms with Gasteiger partial charge in [0.25, 0.3) is 5.91 Å². The number of phenolic OH excluding ortho intramolecular Hbond substituents is 1. The molecule has 0 saturated heterocycles. The molecule has 9 N–H and O–H groups in total. The number of nitrogens with two attached hydrogens (primary N) is 2. The van der Waals surface area contributed by atoms with Gasteiger partial charge in [0.2, 0.25) is 11.7 Å². The van der Waals surface area contributed by atoms with Crippen LogP contribution in [0.5, 0.6) is 5.75 Å². The van der Waals surface area contributed by atoms with Crippen LogP contribution in [-0.2, 0) is 27.3 Å². The first-order chi connectivity index (χ1) is 19.1. The highest BCUT2D eigenvalue weighted by molar-refractivity contribution is 6.25. The molecule has 220 valence electrons. The maximum Gasteiger partial charge on any atom is 0.255 e. The maximum atomic E-state index is 14.0. The number of benzene rings is 1. The van der Waals surface area contributed by atoms with Gasteiger partial charge < -0.3 is 42.1 Å². The minimum Gasteiger partial charge on any atom is -0.510 e. The molecule has 1 aromatic carbocycles. The van der Waals surface area contributed by atoms with E-state index in [1.165, 1.54) is 4.90 Å². The standard InChI is InChI=1S/C28H35N5O8/c1-32(2)15-9-12(10-31-26(40)27(30)5-6-27)20(34)17-13(15)7-11-8-14-19(33(3)4)22(36)18(25(29)39)24(38)28(14,41)23(37)16(11)21(17)35/h9,11,14,19,34,36-37,41H,5-8,10,30H2,1-4H3,(H2,29,39)(H,31,40)/t11-,14-,19+,28-/m0/s1. The highest BCUT2D eigenvalue weighted by atomic mass is 16.3. The Kier molecular flexibility index (Phi) is 6.48. The van der Waals surface area contributed by atoms with Crippen LogP contribution in [0.1, 0.15) is 40.7 Å². The third-order valence-corrected chi connectivity index (χ3v) is 8.94. The number of rotatable bonds is 6. The zero-order valence-corrected chi connectivity index (χ0v) is 23.3. The molecule has 0 bridgehead atoms. The smallest absolute Gasteiger partial charge is 0.255 e. The van der Waals surface area contributed by atoms with Crippen LogP contribution in [-0.4, -0.2) is 94.1 Å². The number of carbonyl (C=O) groups excluding carboxylic acids is 4. The second-order valence-corrected chi connectivity index (χ2v) is 12.0. The van der Waals surface area contributed by atoms with Crippen molar-refractivity contribution in [1.82, 2.24) is 10.2 Å². The number of aliphatic hydroxyl groups is 3. The number of allylic oxidation sites excluding steroid dienone is 1. The van der Waals surface area contributed by atoms with Crippen LogP contribution >= 0.6 is 0 Å². The number of hydrogen-bond acceptors (Lipinski definition) is 11. The quantitative estimate of drug-likeness (QED) is 0.212. The molecule has 0 radical (unpaired) electrons. The number of nitrogens with one attached hydrogen (secondary N) is 1. The van der Waals surface area contributed by atoms with Crippen LogP contribution in [0.15, 0.2) is 28.7 Å². The summed E-state index contributed by atoms with van der Waals surface area (Å²) in [6.45, 7) is -0.111. The number of likely N-dealkylation sites (N-methyl/N-ethyl adjacent to an activating group) is 1. The lowest BCUT2D eigenvalue weighted by Gasteiger charge is -2.50. The Morgan fingerprint density at radius 3 is 2.29 bits per heavy atom. The highest BCUT2D eigenvalue weighted by Crippen LogP contribution is 2.53. The van der Waals surface area contributed by atoms with Gasteiger partial charge >= 0.3 is 0 Å². The normalized spacial score (nSPS) is 28.2. The van der Waals surface area contributed by atoms with Crippen molar-refractivity contribution in [2.45, 2.75) is 49.4 Å². The summed E-state index contributed by atoms with van der Waals surface area (Å²) in [7, 11) is 6.67. The Hall–Kier alpha value is -3.94. The lowest BCUT2D eigenvalue weighted by molar-refractivity contribution is -0.148. The molecule has 5 rings (SSSR count). The second-order valence-electron chi connectivity index (χ2n) is 12.0. The van der Waals surface area contributed by atoms with Gasteiger partial charge in [-0.3, -0.25) is 24.1 Å². The number of phenols is 1. The fourth-order valence-electron chi connectivity index (χ4n) is 6.60. The summed E-state index contributed by atoms with van der Waals surface area (Å²) in [4.78, 5) is 55.3. The Bertz CT molecular complexity index is 1470. The number of primary amides is 1. The van der Waals surface area contributed by atoms with Gasteiger partial charge in [-0.15, -0.1) is 0 Å². The highest BCUT2D eigenvalue weighted by Gasteiger charge is 2.63. The van der Waals surface area contributed by atoms with Gasteiger partial charge in [0.05, 0.1) is 17.1 Å². The lowest BCUT2D eigenvalue weighted by Crippen LogP contribution is -2.63. The molecule has 4 atom stereocenters. The van der Waals surface area contributed by atoms with Crippen molar-refractivity contribution in [2.24, 2.45) is 23.3 Å². The zero-order valence-electron chi connectivity index (χ0n) is 23.3. The minimum absolute atomic E-state index is 0.00418. The van der Waals surface area contributed by atoms with E-state index in [-0.39, 0.29) is 42.0 Å². The lowest BCUT2D eigenvalue weighted by atomic mass is 9.58. The predicted molar refractivity (Wildman–Crippen MR) is 146 cm³/mol. The third kappa shape index (κ3) is 4.02. The summed E-state index contributed by atoms with van der Waals surface area (Å²) < 4.78 is 0. The first-order valence-electron chi connectivity index (χ1n) is 13.3. The van der Waals surface area contributed by atoms with E-state index >= 15 is 0 Å².